The van der Waals surface area contributed by atoms with Crippen LogP contribution in [0.15, 0.2) is 72.8 Å². The van der Waals surface area contributed by atoms with Crippen molar-refractivity contribution in [3.63, 3.8) is 0 Å². The average Bonchev–Trinajstić information content (AvgIpc) is 1.38. The van der Waals surface area contributed by atoms with Gasteiger partial charge in [-0.15, -0.1) is 0 Å². The number of aromatic amines is 2. The highest BCUT2D eigenvalue weighted by Crippen LogP contribution is 2.87. The second kappa shape index (κ2) is 13.4. The molecule has 0 radical (unpaired) electrons. The normalized spacial score (nSPS) is 19.9. The van der Waals surface area contributed by atoms with Gasteiger partial charge in [0.2, 0.25) is 0 Å². The van der Waals surface area contributed by atoms with E-state index in [1.165, 1.54) is 22.3 Å². The maximum Gasteiger partial charge on any atom is 0.164 e. The van der Waals surface area contributed by atoms with Crippen LogP contribution in [0.25, 0.3) is 381 Å². The van der Waals surface area contributed by atoms with E-state index in [2.05, 4.69) is 157 Å². The summed E-state index contributed by atoms with van der Waals surface area (Å²) in [5.74, 6) is 2.50. The van der Waals surface area contributed by atoms with E-state index in [1.807, 2.05) is 0 Å². The molecule has 3 atom stereocenters. The highest BCUT2D eigenvalue weighted by Gasteiger charge is 2.76. The van der Waals surface area contributed by atoms with Crippen molar-refractivity contribution in [2.75, 3.05) is 13.6 Å². The van der Waals surface area contributed by atoms with Crippen molar-refractivity contribution in [2.45, 2.75) is 95.4 Å². The summed E-state index contributed by atoms with van der Waals surface area (Å²) >= 11 is 0. The van der Waals surface area contributed by atoms with Gasteiger partial charge in [-0.1, -0.05) is 117 Å². The Balaban J connectivity index is 0.697. The quantitative estimate of drug-likeness (QED) is 0.157. The smallest absolute Gasteiger partial charge is 0.164 e. The molecule has 3 unspecified atom stereocenters. The van der Waals surface area contributed by atoms with E-state index < -0.39 is 10.8 Å². The van der Waals surface area contributed by atoms with E-state index in [0.717, 1.165) is 56.0 Å². The Bertz CT molecular complexity index is 11100. The van der Waals surface area contributed by atoms with Crippen LogP contribution in [0.3, 0.4) is 0 Å². The molecule has 1 saturated heterocycles. The summed E-state index contributed by atoms with van der Waals surface area (Å²) in [4.78, 5) is 45.4. The van der Waals surface area contributed by atoms with Crippen LogP contribution in [-0.2, 0) is 27.1 Å². The molecule has 2 spiro atoms. The van der Waals surface area contributed by atoms with Gasteiger partial charge < -0.3 is 9.97 Å². The number of hydrogen-bond acceptors (Lipinski definition) is 7. The van der Waals surface area contributed by atoms with Crippen LogP contribution in [0.4, 0.5) is 0 Å². The highest BCUT2D eigenvalue weighted by molar-refractivity contribution is 6.82. The van der Waals surface area contributed by atoms with Crippen LogP contribution in [0.2, 0.25) is 0 Å². The molecule has 0 amide bonds. The molecule has 32 aromatic carbocycles. The Morgan fingerprint density at radius 1 is 0.276 bits per heavy atom. The third-order valence-electron chi connectivity index (χ3n) is 35.6. The minimum atomic E-state index is -0.575. The van der Waals surface area contributed by atoms with Crippen LogP contribution in [-0.4, -0.2) is 58.4 Å². The Kier molecular flexibility index (Phi) is 6.00. The summed E-state index contributed by atoms with van der Waals surface area (Å²) < 4.78 is 0. The predicted octanol–water partition coefficient (Wildman–Crippen LogP) is 27.1. The largest absolute Gasteiger partial charge is 0.324 e. The molecule has 3 aromatic heterocycles. The second-order valence-electron chi connectivity index (χ2n) is 42.2. The summed E-state index contributed by atoms with van der Waals surface area (Å²) in [5, 5.41) is 91.5. The lowest BCUT2D eigenvalue weighted by atomic mass is 9.49. The first-order chi connectivity index (χ1) is 56.5. The fraction of sp³-hybridized carbons (Fsp3) is 0.159. The number of hydrogen-bond donors (Lipinski definition) is 2. The van der Waals surface area contributed by atoms with E-state index >= 15 is 0 Å². The Hall–Kier alpha value is -13.3. The van der Waals surface area contributed by atoms with E-state index in [-0.39, 0.29) is 22.3 Å². The van der Waals surface area contributed by atoms with Crippen molar-refractivity contribution in [3.05, 3.63) is 117 Å². The minimum absolute atomic E-state index is 0.123. The molecule has 7 aliphatic rings. The summed E-state index contributed by atoms with van der Waals surface area (Å²) in [5.41, 5.74) is 16.8. The Morgan fingerprint density at radius 3 is 1.04 bits per heavy atom. The molecule has 520 valence electrons. The minimum Gasteiger partial charge on any atom is -0.324 e. The first-order valence-electron chi connectivity index (χ1n) is 42.3. The molecule has 2 N–H and O–H groups in total. The van der Waals surface area contributed by atoms with Gasteiger partial charge in [0.15, 0.2) is 23.3 Å². The third kappa shape index (κ3) is 3.79. The second-order valence-corrected chi connectivity index (χ2v) is 42.2. The molecular weight excluding hydrogens is 1410 g/mol. The monoisotopic (exact) mass is 1460 g/mol. The Morgan fingerprint density at radius 2 is 0.595 bits per heavy atom. The Labute approximate surface area is 647 Å². The lowest BCUT2D eigenvalue weighted by molar-refractivity contribution is 0.272. The third-order valence-corrected chi connectivity index (χ3v) is 35.6. The van der Waals surface area contributed by atoms with Crippen LogP contribution >= 0.6 is 0 Å². The van der Waals surface area contributed by atoms with E-state index in [4.69, 9.17) is 29.9 Å². The standard InChI is InChI=1S/C107H47N9/c1-103(2,3)25-15-18-28-32(21-25)100-110-96(28)108-95-27-17-14-24(20-31(27)99(109-95)113-98-30-12-11-13-34(105(7,8)9)35(30)102(114-98)115-101-33-22-26(104(4,5)6)16-19-29(33)97(111-100)112-101)94-107-92-85-77-65-57-48-39-37-36-38-42(39)51-58-56-47(38)49-45-40(36)43-44-41(37)46-50(48)63(65)71-69-55(46)53(44)61-60-52(43)54(45)68-70-62(49)64(56)76-78-66(58)67(59(51)57)79(77)88(92)87(78)90-83(76)81(70)84-74(68)72(60)80-73(61)75(69)86(82(71)85)93(107)89(80)91(84)106(90,107)23-116(94)10/h11-22,94H,23H2,1-10H3,(H2,108,109,110,111,112,113,114,115). The zero-order valence-corrected chi connectivity index (χ0v) is 63.8. The average molecular weight is 1460 g/mol. The van der Waals surface area contributed by atoms with Gasteiger partial charge >= 0.3 is 0 Å². The molecule has 1 fully saturated rings. The zero-order chi connectivity index (χ0) is 73.5. The summed E-state index contributed by atoms with van der Waals surface area (Å²) in [7, 11) is 2.57. The molecule has 42 rings (SSSR count). The molecular formula is C107H47N9. The molecule has 9 nitrogen and oxygen atoms in total. The van der Waals surface area contributed by atoms with Gasteiger partial charge in [0.25, 0.3) is 0 Å². The van der Waals surface area contributed by atoms with Crippen molar-refractivity contribution >= 4 is 335 Å². The van der Waals surface area contributed by atoms with Crippen molar-refractivity contribution < 1.29 is 0 Å². The van der Waals surface area contributed by atoms with Gasteiger partial charge in [0.05, 0.1) is 10.8 Å². The molecule has 116 heavy (non-hydrogen) atoms. The first kappa shape index (κ1) is 52.1. The van der Waals surface area contributed by atoms with Crippen LogP contribution in [0, 0.1) is 0 Å². The molecule has 6 heterocycles. The van der Waals surface area contributed by atoms with Gasteiger partial charge in [0, 0.05) is 56.4 Å². The fourth-order valence-electron chi connectivity index (χ4n) is 33.1. The number of likely N-dealkylation sites (tertiary alicyclic amines) is 1. The first-order valence-corrected chi connectivity index (χ1v) is 42.3. The summed E-state index contributed by atoms with van der Waals surface area (Å²) in [6.45, 7) is 21.5. The topological polar surface area (TPSA) is 112 Å². The predicted molar refractivity (Wildman–Crippen MR) is 481 cm³/mol. The van der Waals surface area contributed by atoms with Gasteiger partial charge in [-0.3, -0.25) is 4.90 Å². The van der Waals surface area contributed by atoms with Crippen molar-refractivity contribution in [2.24, 2.45) is 0 Å². The fourth-order valence-corrected chi connectivity index (χ4v) is 33.1. The number of nitrogens with zero attached hydrogens (tertiary/aromatic N) is 7. The molecule has 3 aliphatic heterocycles. The number of benzene rings is 21. The number of H-pyrrole nitrogens is 2. The van der Waals surface area contributed by atoms with E-state index in [1.54, 1.807) is 313 Å². The van der Waals surface area contributed by atoms with Crippen LogP contribution in [0.5, 0.6) is 0 Å². The van der Waals surface area contributed by atoms with Crippen LogP contribution < -0.4 is 0 Å². The van der Waals surface area contributed by atoms with Gasteiger partial charge in [-0.25, -0.2) is 29.9 Å². The maximum atomic E-state index is 6.01. The number of likely N-dealkylation sites (N-methyl/N-ethyl adjacent to an activating group) is 1. The maximum absolute atomic E-state index is 6.01. The number of fused-ring (bicyclic) bond motifs is 20. The lowest BCUT2D eigenvalue weighted by Gasteiger charge is -2.50. The highest BCUT2D eigenvalue weighted by atomic mass is 15.2. The van der Waals surface area contributed by atoms with Crippen molar-refractivity contribution in [1.82, 2.24) is 44.8 Å². The lowest BCUT2D eigenvalue weighted by Crippen LogP contribution is -2.50. The molecule has 35 aromatic rings. The van der Waals surface area contributed by atoms with Crippen molar-refractivity contribution in [3.8, 4) is 45.6 Å². The molecule has 0 saturated carbocycles. The van der Waals surface area contributed by atoms with Crippen LogP contribution in [0.1, 0.15) is 113 Å². The molecule has 8 bridgehead atoms. The molecule has 4 aliphatic carbocycles. The summed E-state index contributed by atoms with van der Waals surface area (Å²) in [6, 6.07) is 27.8. The number of rotatable bonds is 1. The van der Waals surface area contributed by atoms with Gasteiger partial charge in [-0.05, 0) is 377 Å². The van der Waals surface area contributed by atoms with E-state index in [9.17, 15) is 0 Å². The summed E-state index contributed by atoms with van der Waals surface area (Å²) in [6.07, 6.45) is 0. The van der Waals surface area contributed by atoms with Gasteiger partial charge in [-0.2, -0.15) is 0 Å². The number of nitrogens with one attached hydrogen (secondary N) is 2. The number of aromatic nitrogens is 8. The molecule has 9 heteroatoms. The van der Waals surface area contributed by atoms with Gasteiger partial charge in [0.1, 0.15) is 22.6 Å². The van der Waals surface area contributed by atoms with Crippen molar-refractivity contribution in [1.29, 1.82) is 0 Å². The SMILES string of the molecule is CN1CC23c4c5c6c7c8c9c(c%10c%11c2c2c%12c4c4c%13c5c5c7c7c8c8c%14c9c%10c9c%10c%11c2c2c%11c%12c4c4c%12c%13c5c5c7c7c8c8c%14c9c9c%10c2c2c%11c4c4c%12c5c7c5c8c9c2c45)C63C1c1ccc2c(c1)-c1nc-2nc2[nH]c(nc3nc(nc4[nH]c(n1)c1cccc(C(C)(C)C)c41)-c1cc(C(C)(C)C)ccc1-3)c1cc(C(C)(C)C)ccc21. The van der Waals surface area contributed by atoms with E-state index in [0.29, 0.717) is 40.2 Å². The zero-order valence-electron chi connectivity index (χ0n) is 63.8.